The van der Waals surface area contributed by atoms with E-state index in [0.29, 0.717) is 12.1 Å². The fourth-order valence-electron chi connectivity index (χ4n) is 3.65. The van der Waals surface area contributed by atoms with Gasteiger partial charge in [-0.15, -0.1) is 0 Å². The average Bonchev–Trinajstić information content (AvgIpc) is 2.62. The lowest BCUT2D eigenvalue weighted by Crippen LogP contribution is -2.50. The lowest BCUT2D eigenvalue weighted by atomic mass is 9.91. The van der Waals surface area contributed by atoms with Crippen molar-refractivity contribution < 1.29 is 4.74 Å². The van der Waals surface area contributed by atoms with Gasteiger partial charge in [0.15, 0.2) is 0 Å². The second-order valence-electron chi connectivity index (χ2n) is 6.57. The number of nitriles is 1. The maximum absolute atomic E-state index is 9.26. The molecule has 2 aromatic rings. The zero-order chi connectivity index (χ0) is 16.4. The largest absolute Gasteiger partial charge is 0.378 e. The summed E-state index contributed by atoms with van der Waals surface area (Å²) < 4.78 is 5.59. The van der Waals surface area contributed by atoms with Crippen LogP contribution in [0, 0.1) is 11.3 Å². The van der Waals surface area contributed by atoms with Gasteiger partial charge >= 0.3 is 0 Å². The van der Waals surface area contributed by atoms with E-state index in [9.17, 15) is 5.26 Å². The standard InChI is InChI=1S/C21H20N2O/c22-12-18-3-1-2-4-21(18)17-7-5-15(6-8-17)9-16-10-19-13-24-14-20(11-16)23-19/h1-8,10,19-20,23H,9,11,13-14H2. The molecule has 3 nitrogen and oxygen atoms in total. The Morgan fingerprint density at radius 2 is 1.92 bits per heavy atom. The second kappa shape index (κ2) is 6.60. The zero-order valence-corrected chi connectivity index (χ0v) is 13.5. The Labute approximate surface area is 142 Å². The number of rotatable bonds is 3. The molecule has 120 valence electrons. The molecule has 0 aliphatic carbocycles. The van der Waals surface area contributed by atoms with E-state index in [4.69, 9.17) is 4.74 Å². The van der Waals surface area contributed by atoms with Gasteiger partial charge in [-0.25, -0.2) is 0 Å². The van der Waals surface area contributed by atoms with E-state index in [1.54, 1.807) is 0 Å². The molecule has 2 unspecified atom stereocenters. The van der Waals surface area contributed by atoms with Crippen LogP contribution in [-0.4, -0.2) is 25.3 Å². The molecule has 2 aliphatic rings. The lowest BCUT2D eigenvalue weighted by molar-refractivity contribution is 0.0528. The zero-order valence-electron chi connectivity index (χ0n) is 13.5. The van der Waals surface area contributed by atoms with Crippen LogP contribution in [-0.2, 0) is 11.2 Å². The maximum atomic E-state index is 9.26. The van der Waals surface area contributed by atoms with Crippen molar-refractivity contribution in [2.75, 3.05) is 13.2 Å². The van der Waals surface area contributed by atoms with Crippen LogP contribution >= 0.6 is 0 Å². The summed E-state index contributed by atoms with van der Waals surface area (Å²) in [4.78, 5) is 0. The summed E-state index contributed by atoms with van der Waals surface area (Å²) in [6.45, 7) is 1.60. The van der Waals surface area contributed by atoms with Crippen LogP contribution < -0.4 is 5.32 Å². The van der Waals surface area contributed by atoms with Crippen molar-refractivity contribution in [3.63, 3.8) is 0 Å². The molecule has 2 heterocycles. The summed E-state index contributed by atoms with van der Waals surface area (Å²) in [6, 6.07) is 19.5. The molecule has 0 spiro atoms. The summed E-state index contributed by atoms with van der Waals surface area (Å²) in [5, 5.41) is 12.8. The topological polar surface area (TPSA) is 45.0 Å². The van der Waals surface area contributed by atoms with E-state index < -0.39 is 0 Å². The number of benzene rings is 2. The summed E-state index contributed by atoms with van der Waals surface area (Å²) in [6.07, 6.45) is 4.39. The minimum absolute atomic E-state index is 0.370. The van der Waals surface area contributed by atoms with Crippen LogP contribution in [0.15, 0.2) is 60.2 Å². The van der Waals surface area contributed by atoms with Crippen molar-refractivity contribution in [1.29, 1.82) is 5.26 Å². The number of hydrogen-bond donors (Lipinski definition) is 1. The van der Waals surface area contributed by atoms with Gasteiger partial charge in [0, 0.05) is 12.1 Å². The van der Waals surface area contributed by atoms with Crippen molar-refractivity contribution in [3.8, 4) is 17.2 Å². The molecule has 2 atom stereocenters. The van der Waals surface area contributed by atoms with Gasteiger partial charge in [-0.2, -0.15) is 5.26 Å². The molecular weight excluding hydrogens is 296 g/mol. The molecule has 1 saturated heterocycles. The van der Waals surface area contributed by atoms with Gasteiger partial charge in [-0.1, -0.05) is 54.1 Å². The highest BCUT2D eigenvalue weighted by atomic mass is 16.5. The quantitative estimate of drug-likeness (QED) is 0.882. The van der Waals surface area contributed by atoms with Gasteiger partial charge in [0.05, 0.1) is 24.8 Å². The first-order valence-corrected chi connectivity index (χ1v) is 8.43. The number of hydrogen-bond acceptors (Lipinski definition) is 3. The molecule has 1 N–H and O–H groups in total. The van der Waals surface area contributed by atoms with Gasteiger partial charge in [0.2, 0.25) is 0 Å². The van der Waals surface area contributed by atoms with Crippen LogP contribution in [0.1, 0.15) is 17.5 Å². The molecule has 0 amide bonds. The minimum atomic E-state index is 0.370. The fraction of sp³-hybridized carbons (Fsp3) is 0.286. The van der Waals surface area contributed by atoms with E-state index in [0.717, 1.165) is 42.7 Å². The molecule has 0 saturated carbocycles. The van der Waals surface area contributed by atoms with Gasteiger partial charge in [0.1, 0.15) is 0 Å². The molecule has 2 bridgehead atoms. The Bertz CT molecular complexity index is 801. The fourth-order valence-corrected chi connectivity index (χ4v) is 3.65. The van der Waals surface area contributed by atoms with Gasteiger partial charge in [-0.3, -0.25) is 0 Å². The predicted octanol–water partition coefficient (Wildman–Crippen LogP) is 3.45. The molecule has 4 rings (SSSR count). The maximum Gasteiger partial charge on any atom is 0.0998 e. The number of morpholine rings is 1. The average molecular weight is 316 g/mol. The molecule has 2 aromatic carbocycles. The molecule has 0 aromatic heterocycles. The van der Waals surface area contributed by atoms with Crippen LogP contribution in [0.3, 0.4) is 0 Å². The normalized spacial score (nSPS) is 22.5. The van der Waals surface area contributed by atoms with Crippen LogP contribution in [0.25, 0.3) is 11.1 Å². The summed E-state index contributed by atoms with van der Waals surface area (Å²) in [5.41, 5.74) is 5.64. The van der Waals surface area contributed by atoms with E-state index >= 15 is 0 Å². The highest BCUT2D eigenvalue weighted by Gasteiger charge is 2.25. The lowest BCUT2D eigenvalue weighted by Gasteiger charge is -2.35. The molecule has 0 radical (unpaired) electrons. The van der Waals surface area contributed by atoms with Crippen LogP contribution in [0.4, 0.5) is 0 Å². The van der Waals surface area contributed by atoms with Crippen molar-refractivity contribution >= 4 is 0 Å². The first kappa shape index (κ1) is 15.1. The molecule has 3 heteroatoms. The summed E-state index contributed by atoms with van der Waals surface area (Å²) >= 11 is 0. The first-order valence-electron chi connectivity index (χ1n) is 8.43. The van der Waals surface area contributed by atoms with E-state index in [-0.39, 0.29) is 0 Å². The number of fused-ring (bicyclic) bond motifs is 2. The van der Waals surface area contributed by atoms with Crippen LogP contribution in [0.2, 0.25) is 0 Å². The van der Waals surface area contributed by atoms with Crippen molar-refractivity contribution in [2.24, 2.45) is 0 Å². The third kappa shape index (κ3) is 3.12. The van der Waals surface area contributed by atoms with Gasteiger partial charge < -0.3 is 10.1 Å². The number of ether oxygens (including phenoxy) is 1. The number of nitrogens with zero attached hydrogens (tertiary/aromatic N) is 1. The summed E-state index contributed by atoms with van der Waals surface area (Å²) in [7, 11) is 0. The smallest absolute Gasteiger partial charge is 0.0998 e. The monoisotopic (exact) mass is 316 g/mol. The Kier molecular flexibility index (Phi) is 4.17. The number of nitrogens with one attached hydrogen (secondary N) is 1. The minimum Gasteiger partial charge on any atom is -0.378 e. The summed E-state index contributed by atoms with van der Waals surface area (Å²) in [5.74, 6) is 0. The van der Waals surface area contributed by atoms with Gasteiger partial charge in [0.25, 0.3) is 0 Å². The SMILES string of the molecule is N#Cc1ccccc1-c1ccc(CC2=CC3COCC(C2)N3)cc1. The molecule has 2 aliphatic heterocycles. The van der Waals surface area contributed by atoms with Gasteiger partial charge in [-0.05, 0) is 35.6 Å². The van der Waals surface area contributed by atoms with Crippen LogP contribution in [0.5, 0.6) is 0 Å². The highest BCUT2D eigenvalue weighted by molar-refractivity contribution is 5.70. The van der Waals surface area contributed by atoms with Crippen molar-refractivity contribution in [3.05, 3.63) is 71.3 Å². The van der Waals surface area contributed by atoms with E-state index in [2.05, 4.69) is 41.7 Å². The Morgan fingerprint density at radius 3 is 2.71 bits per heavy atom. The molecular formula is C21H20N2O. The molecule has 24 heavy (non-hydrogen) atoms. The first-order chi connectivity index (χ1) is 11.8. The Balaban J connectivity index is 1.52. The van der Waals surface area contributed by atoms with Crippen molar-refractivity contribution in [1.82, 2.24) is 5.32 Å². The van der Waals surface area contributed by atoms with E-state index in [1.165, 1.54) is 11.1 Å². The molecule has 1 fully saturated rings. The third-order valence-corrected chi connectivity index (χ3v) is 4.76. The highest BCUT2D eigenvalue weighted by Crippen LogP contribution is 2.26. The second-order valence-corrected chi connectivity index (χ2v) is 6.57. The van der Waals surface area contributed by atoms with Crippen molar-refractivity contribution in [2.45, 2.75) is 24.9 Å². The Morgan fingerprint density at radius 1 is 1.08 bits per heavy atom. The van der Waals surface area contributed by atoms with E-state index in [1.807, 2.05) is 24.3 Å². The predicted molar refractivity (Wildman–Crippen MR) is 94.5 cm³/mol. The Hall–Kier alpha value is -2.41. The third-order valence-electron chi connectivity index (χ3n) is 4.76.